The van der Waals surface area contributed by atoms with Crippen molar-refractivity contribution in [1.29, 1.82) is 0 Å². The van der Waals surface area contributed by atoms with Gasteiger partial charge in [-0.2, -0.15) is 5.21 Å². The molecule has 1 aromatic carbocycles. The van der Waals surface area contributed by atoms with Crippen LogP contribution in [0.5, 0.6) is 0 Å². The minimum absolute atomic E-state index is 0.0314. The quantitative estimate of drug-likeness (QED) is 0.828. The first kappa shape index (κ1) is 11.6. The largest absolute Gasteiger partial charge is 0.306 e. The second kappa shape index (κ2) is 5.44. The molecule has 2 aromatic rings. The fourth-order valence-electron chi connectivity index (χ4n) is 1.41. The molecule has 0 atom stereocenters. The second-order valence-electron chi connectivity index (χ2n) is 3.48. The number of aromatic nitrogens is 4. The Morgan fingerprint density at radius 3 is 2.88 bits per heavy atom. The normalized spacial score (nSPS) is 11.0. The van der Waals surface area contributed by atoms with Crippen LogP contribution in [0, 0.1) is 0 Å². The van der Waals surface area contributed by atoms with E-state index in [9.17, 15) is 8.78 Å². The lowest BCUT2D eigenvalue weighted by molar-refractivity contribution is 0.151. The van der Waals surface area contributed by atoms with Gasteiger partial charge in [0.05, 0.1) is 6.54 Å². The van der Waals surface area contributed by atoms with Gasteiger partial charge in [-0.15, -0.1) is 10.2 Å². The number of aromatic amines is 1. The Bertz CT molecular complexity index is 457. The number of hydrogen-bond donors (Lipinski definition) is 2. The Balaban J connectivity index is 1.88. The van der Waals surface area contributed by atoms with Gasteiger partial charge in [0.15, 0.2) is 5.82 Å². The van der Waals surface area contributed by atoms with E-state index < -0.39 is 6.43 Å². The molecule has 17 heavy (non-hydrogen) atoms. The minimum Gasteiger partial charge on any atom is -0.306 e. The molecule has 0 fully saturated rings. The first-order chi connectivity index (χ1) is 8.25. The predicted molar refractivity (Wildman–Crippen MR) is 56.1 cm³/mol. The third kappa shape index (κ3) is 3.28. The lowest BCUT2D eigenvalue weighted by Gasteiger charge is -2.05. The van der Waals surface area contributed by atoms with Crippen LogP contribution in [0.15, 0.2) is 24.3 Å². The fraction of sp³-hybridized carbons (Fsp3) is 0.300. The third-order valence-electron chi connectivity index (χ3n) is 2.20. The molecule has 0 amide bonds. The van der Waals surface area contributed by atoms with Crippen molar-refractivity contribution >= 4 is 0 Å². The van der Waals surface area contributed by atoms with Crippen LogP contribution in [0.3, 0.4) is 0 Å². The lowest BCUT2D eigenvalue weighted by Crippen LogP contribution is -2.13. The second-order valence-corrected chi connectivity index (χ2v) is 3.48. The number of benzene rings is 1. The van der Waals surface area contributed by atoms with Gasteiger partial charge in [-0.1, -0.05) is 23.4 Å². The van der Waals surface area contributed by atoms with Crippen molar-refractivity contribution in [2.24, 2.45) is 0 Å². The molecule has 0 saturated heterocycles. The van der Waals surface area contributed by atoms with Crippen molar-refractivity contribution < 1.29 is 8.78 Å². The SMILES string of the molecule is FC(F)c1cccc(CNCc2nn[nH]n2)c1. The third-order valence-corrected chi connectivity index (χ3v) is 2.20. The number of alkyl halides is 2. The summed E-state index contributed by atoms with van der Waals surface area (Å²) in [5.41, 5.74) is 0.829. The molecule has 1 heterocycles. The molecular weight excluding hydrogens is 228 g/mol. The van der Waals surface area contributed by atoms with Crippen molar-refractivity contribution in [3.63, 3.8) is 0 Å². The van der Waals surface area contributed by atoms with E-state index in [2.05, 4.69) is 25.9 Å². The van der Waals surface area contributed by atoms with Crippen LogP contribution in [0.4, 0.5) is 8.78 Å². The summed E-state index contributed by atoms with van der Waals surface area (Å²) in [6.45, 7) is 0.921. The van der Waals surface area contributed by atoms with E-state index in [1.54, 1.807) is 12.1 Å². The van der Waals surface area contributed by atoms with Crippen molar-refractivity contribution in [2.75, 3.05) is 0 Å². The van der Waals surface area contributed by atoms with Crippen LogP contribution < -0.4 is 5.32 Å². The zero-order chi connectivity index (χ0) is 12.1. The molecule has 2 N–H and O–H groups in total. The summed E-state index contributed by atoms with van der Waals surface area (Å²) in [6, 6.07) is 6.29. The van der Waals surface area contributed by atoms with Gasteiger partial charge in [-0.25, -0.2) is 8.78 Å². The van der Waals surface area contributed by atoms with Crippen molar-refractivity contribution in [1.82, 2.24) is 25.9 Å². The first-order valence-corrected chi connectivity index (χ1v) is 5.06. The number of halogens is 2. The number of rotatable bonds is 5. The topological polar surface area (TPSA) is 66.5 Å². The zero-order valence-corrected chi connectivity index (χ0v) is 8.90. The highest BCUT2D eigenvalue weighted by molar-refractivity contribution is 5.24. The summed E-state index contributed by atoms with van der Waals surface area (Å²) in [6.07, 6.45) is -2.44. The average Bonchev–Trinajstić information content (AvgIpc) is 2.82. The lowest BCUT2D eigenvalue weighted by atomic mass is 10.1. The standard InChI is InChI=1S/C10H11F2N5/c11-10(12)8-3-1-2-7(4-8)5-13-6-9-14-16-17-15-9/h1-4,10,13H,5-6H2,(H,14,15,16,17). The summed E-state index contributed by atoms with van der Waals surface area (Å²) >= 11 is 0. The Morgan fingerprint density at radius 2 is 2.18 bits per heavy atom. The number of tetrazole rings is 1. The van der Waals surface area contributed by atoms with E-state index in [1.807, 2.05) is 0 Å². The number of hydrogen-bond acceptors (Lipinski definition) is 4. The highest BCUT2D eigenvalue weighted by atomic mass is 19.3. The minimum atomic E-state index is -2.44. The highest BCUT2D eigenvalue weighted by Gasteiger charge is 2.06. The molecule has 0 aliphatic rings. The molecule has 5 nitrogen and oxygen atoms in total. The van der Waals surface area contributed by atoms with E-state index in [0.29, 0.717) is 18.9 Å². The van der Waals surface area contributed by atoms with Gasteiger partial charge in [0.2, 0.25) is 0 Å². The van der Waals surface area contributed by atoms with E-state index in [0.717, 1.165) is 5.56 Å². The van der Waals surface area contributed by atoms with Gasteiger partial charge in [0.25, 0.3) is 6.43 Å². The molecular formula is C10H11F2N5. The monoisotopic (exact) mass is 239 g/mol. The maximum absolute atomic E-state index is 12.4. The van der Waals surface area contributed by atoms with Gasteiger partial charge < -0.3 is 5.32 Å². The summed E-state index contributed by atoms with van der Waals surface area (Å²) in [4.78, 5) is 0. The Hall–Kier alpha value is -1.89. The van der Waals surface area contributed by atoms with E-state index in [-0.39, 0.29) is 5.56 Å². The van der Waals surface area contributed by atoms with Gasteiger partial charge in [-0.3, -0.25) is 0 Å². The maximum atomic E-state index is 12.4. The number of nitrogens with zero attached hydrogens (tertiary/aromatic N) is 3. The Morgan fingerprint density at radius 1 is 1.29 bits per heavy atom. The summed E-state index contributed by atoms with van der Waals surface area (Å²) < 4.78 is 24.9. The van der Waals surface area contributed by atoms with Crippen LogP contribution in [-0.4, -0.2) is 20.6 Å². The molecule has 0 radical (unpaired) electrons. The average molecular weight is 239 g/mol. The van der Waals surface area contributed by atoms with Crippen molar-refractivity contribution in [3.8, 4) is 0 Å². The maximum Gasteiger partial charge on any atom is 0.263 e. The molecule has 0 saturated carbocycles. The molecule has 1 aromatic heterocycles. The first-order valence-electron chi connectivity index (χ1n) is 5.06. The smallest absolute Gasteiger partial charge is 0.263 e. The molecule has 7 heteroatoms. The summed E-state index contributed by atoms with van der Waals surface area (Å²) in [5.74, 6) is 0.537. The van der Waals surface area contributed by atoms with Gasteiger partial charge in [-0.05, 0) is 11.6 Å². The van der Waals surface area contributed by atoms with Crippen molar-refractivity contribution in [2.45, 2.75) is 19.5 Å². The highest BCUT2D eigenvalue weighted by Crippen LogP contribution is 2.19. The molecule has 0 unspecified atom stereocenters. The van der Waals surface area contributed by atoms with Gasteiger partial charge in [0, 0.05) is 12.1 Å². The molecule has 2 rings (SSSR count). The van der Waals surface area contributed by atoms with Crippen LogP contribution >= 0.6 is 0 Å². The molecule has 0 aliphatic heterocycles. The Labute approximate surface area is 96.2 Å². The molecule has 90 valence electrons. The molecule has 0 spiro atoms. The van der Waals surface area contributed by atoms with E-state index in [1.165, 1.54) is 12.1 Å². The fourth-order valence-corrected chi connectivity index (χ4v) is 1.41. The predicted octanol–water partition coefficient (Wildman–Crippen LogP) is 1.43. The van der Waals surface area contributed by atoms with Crippen LogP contribution in [0.2, 0.25) is 0 Å². The van der Waals surface area contributed by atoms with Crippen molar-refractivity contribution in [3.05, 3.63) is 41.2 Å². The Kier molecular flexibility index (Phi) is 3.71. The zero-order valence-electron chi connectivity index (χ0n) is 8.90. The molecule has 0 aliphatic carbocycles. The molecule has 0 bridgehead atoms. The van der Waals surface area contributed by atoms with Crippen LogP contribution in [0.1, 0.15) is 23.4 Å². The summed E-state index contributed by atoms with van der Waals surface area (Å²) in [5, 5.41) is 16.3. The number of nitrogens with one attached hydrogen (secondary N) is 2. The van der Waals surface area contributed by atoms with Gasteiger partial charge in [0.1, 0.15) is 0 Å². The van der Waals surface area contributed by atoms with Crippen LogP contribution in [-0.2, 0) is 13.1 Å². The van der Waals surface area contributed by atoms with Crippen LogP contribution in [0.25, 0.3) is 0 Å². The number of H-pyrrole nitrogens is 1. The van der Waals surface area contributed by atoms with E-state index >= 15 is 0 Å². The van der Waals surface area contributed by atoms with Gasteiger partial charge >= 0.3 is 0 Å². The van der Waals surface area contributed by atoms with E-state index in [4.69, 9.17) is 0 Å². The summed E-state index contributed by atoms with van der Waals surface area (Å²) in [7, 11) is 0.